The van der Waals surface area contributed by atoms with E-state index in [1.807, 2.05) is 25.1 Å². The maximum Gasteiger partial charge on any atom is 0.122 e. The van der Waals surface area contributed by atoms with E-state index in [9.17, 15) is 5.11 Å². The lowest BCUT2D eigenvalue weighted by atomic mass is 10.1. The van der Waals surface area contributed by atoms with Crippen LogP contribution in [0.3, 0.4) is 0 Å². The molecule has 0 atom stereocenters. The lowest BCUT2D eigenvalue weighted by Crippen LogP contribution is -2.28. The van der Waals surface area contributed by atoms with Crippen LogP contribution in [0.25, 0.3) is 0 Å². The van der Waals surface area contributed by atoms with Gasteiger partial charge in [-0.25, -0.2) is 0 Å². The van der Waals surface area contributed by atoms with Gasteiger partial charge >= 0.3 is 0 Å². The predicted octanol–water partition coefficient (Wildman–Crippen LogP) is 1.69. The smallest absolute Gasteiger partial charge is 0.122 e. The van der Waals surface area contributed by atoms with E-state index in [1.165, 1.54) is 0 Å². The molecule has 0 fully saturated rings. The van der Waals surface area contributed by atoms with Gasteiger partial charge in [-0.2, -0.15) is 0 Å². The third-order valence-electron chi connectivity index (χ3n) is 2.69. The molecule has 16 heavy (non-hydrogen) atoms. The first-order valence-corrected chi connectivity index (χ1v) is 5.61. The second-order valence-electron chi connectivity index (χ2n) is 4.62. The second-order valence-corrected chi connectivity index (χ2v) is 4.62. The van der Waals surface area contributed by atoms with Crippen molar-refractivity contribution < 1.29 is 5.11 Å². The molecule has 0 bridgehead atoms. The van der Waals surface area contributed by atoms with Crippen molar-refractivity contribution >= 4 is 0 Å². The van der Waals surface area contributed by atoms with Crippen LogP contribution in [0.2, 0.25) is 0 Å². The fourth-order valence-corrected chi connectivity index (χ4v) is 1.59. The Kier molecular flexibility index (Phi) is 4.77. The minimum atomic E-state index is 0.430. The van der Waals surface area contributed by atoms with Crippen molar-refractivity contribution in [3.8, 4) is 5.75 Å². The van der Waals surface area contributed by atoms with Crippen molar-refractivity contribution in [2.45, 2.75) is 13.5 Å². The zero-order valence-electron chi connectivity index (χ0n) is 10.7. The Morgan fingerprint density at radius 3 is 2.44 bits per heavy atom. The first-order valence-electron chi connectivity index (χ1n) is 5.61. The third-order valence-corrected chi connectivity index (χ3v) is 2.69. The molecule has 0 aliphatic rings. The minimum Gasteiger partial charge on any atom is -0.507 e. The molecule has 0 aliphatic carbocycles. The Bertz CT molecular complexity index is 337. The number of nitrogens with zero attached hydrogens (tertiary/aromatic N) is 2. The summed E-state index contributed by atoms with van der Waals surface area (Å²) in [5.41, 5.74) is 1.94. The standard InChI is InChI=1S/C13H22N2O/c1-11-6-5-7-12(13(11)16)10-15(4)9-8-14(2)3/h5-7,16H,8-10H2,1-4H3. The van der Waals surface area contributed by atoms with Crippen LogP contribution in [0, 0.1) is 6.92 Å². The summed E-state index contributed by atoms with van der Waals surface area (Å²) in [7, 11) is 6.21. The Morgan fingerprint density at radius 1 is 1.12 bits per heavy atom. The van der Waals surface area contributed by atoms with Crippen LogP contribution in [0.1, 0.15) is 11.1 Å². The topological polar surface area (TPSA) is 26.7 Å². The fourth-order valence-electron chi connectivity index (χ4n) is 1.59. The summed E-state index contributed by atoms with van der Waals surface area (Å²) in [4.78, 5) is 4.38. The first-order chi connectivity index (χ1) is 7.50. The molecule has 0 aromatic heterocycles. The quantitative estimate of drug-likeness (QED) is 0.821. The van der Waals surface area contributed by atoms with E-state index in [4.69, 9.17) is 0 Å². The van der Waals surface area contributed by atoms with Gasteiger partial charge in [-0.3, -0.25) is 0 Å². The summed E-state index contributed by atoms with van der Waals surface area (Å²) in [5.74, 6) is 0.430. The van der Waals surface area contributed by atoms with E-state index >= 15 is 0 Å². The van der Waals surface area contributed by atoms with Gasteiger partial charge in [0.1, 0.15) is 5.75 Å². The molecule has 1 aromatic rings. The normalized spacial score (nSPS) is 11.4. The van der Waals surface area contributed by atoms with Crippen molar-refractivity contribution in [1.82, 2.24) is 9.80 Å². The van der Waals surface area contributed by atoms with Gasteiger partial charge in [0.2, 0.25) is 0 Å². The highest BCUT2D eigenvalue weighted by atomic mass is 16.3. The summed E-state index contributed by atoms with van der Waals surface area (Å²) >= 11 is 0. The highest BCUT2D eigenvalue weighted by Gasteiger charge is 2.06. The number of aryl methyl sites for hydroxylation is 1. The Hall–Kier alpha value is -1.06. The second kappa shape index (κ2) is 5.87. The molecule has 1 N–H and O–H groups in total. The number of aromatic hydroxyl groups is 1. The zero-order chi connectivity index (χ0) is 12.1. The number of likely N-dealkylation sites (N-methyl/N-ethyl adjacent to an activating group) is 2. The van der Waals surface area contributed by atoms with Crippen LogP contribution in [-0.2, 0) is 6.54 Å². The van der Waals surface area contributed by atoms with Crippen molar-refractivity contribution in [2.24, 2.45) is 0 Å². The van der Waals surface area contributed by atoms with Crippen molar-refractivity contribution in [3.63, 3.8) is 0 Å². The van der Waals surface area contributed by atoms with Crippen molar-refractivity contribution in [1.29, 1.82) is 0 Å². The van der Waals surface area contributed by atoms with E-state index in [2.05, 4.69) is 30.9 Å². The van der Waals surface area contributed by atoms with Crippen LogP contribution < -0.4 is 0 Å². The summed E-state index contributed by atoms with van der Waals surface area (Å²) in [6, 6.07) is 5.90. The van der Waals surface area contributed by atoms with Gasteiger partial charge in [0, 0.05) is 25.2 Å². The number of rotatable bonds is 5. The third kappa shape index (κ3) is 3.83. The summed E-state index contributed by atoms with van der Waals surface area (Å²) in [6.07, 6.45) is 0. The van der Waals surface area contributed by atoms with Gasteiger partial charge in [0.15, 0.2) is 0 Å². The Balaban J connectivity index is 2.56. The SMILES string of the molecule is Cc1cccc(CN(C)CCN(C)C)c1O. The number of hydrogen-bond donors (Lipinski definition) is 1. The first kappa shape index (κ1) is 13.0. The molecule has 0 heterocycles. The van der Waals surface area contributed by atoms with E-state index in [0.29, 0.717) is 5.75 Å². The maximum absolute atomic E-state index is 9.89. The molecule has 3 nitrogen and oxygen atoms in total. The fraction of sp³-hybridized carbons (Fsp3) is 0.538. The van der Waals surface area contributed by atoms with Crippen molar-refractivity contribution in [3.05, 3.63) is 29.3 Å². The molecular weight excluding hydrogens is 200 g/mol. The molecule has 0 saturated carbocycles. The highest BCUT2D eigenvalue weighted by Crippen LogP contribution is 2.22. The van der Waals surface area contributed by atoms with Crippen LogP contribution in [0.5, 0.6) is 5.75 Å². The van der Waals surface area contributed by atoms with Gasteiger partial charge in [0.05, 0.1) is 0 Å². The molecule has 3 heteroatoms. The van der Waals surface area contributed by atoms with E-state index in [0.717, 1.165) is 30.8 Å². The number of benzene rings is 1. The largest absolute Gasteiger partial charge is 0.507 e. The van der Waals surface area contributed by atoms with Crippen LogP contribution >= 0.6 is 0 Å². The number of phenolic OH excluding ortho intramolecular Hbond substituents is 1. The van der Waals surface area contributed by atoms with E-state index < -0.39 is 0 Å². The molecule has 1 aromatic carbocycles. The van der Waals surface area contributed by atoms with Crippen LogP contribution in [0.4, 0.5) is 0 Å². The molecule has 0 saturated heterocycles. The summed E-state index contributed by atoms with van der Waals surface area (Å²) in [5, 5.41) is 9.89. The predicted molar refractivity (Wildman–Crippen MR) is 67.7 cm³/mol. The zero-order valence-corrected chi connectivity index (χ0v) is 10.7. The van der Waals surface area contributed by atoms with E-state index in [1.54, 1.807) is 0 Å². The van der Waals surface area contributed by atoms with E-state index in [-0.39, 0.29) is 0 Å². The number of phenols is 1. The molecule has 90 valence electrons. The van der Waals surface area contributed by atoms with Gasteiger partial charge in [0.25, 0.3) is 0 Å². The molecule has 0 radical (unpaired) electrons. The minimum absolute atomic E-state index is 0.430. The monoisotopic (exact) mass is 222 g/mol. The van der Waals surface area contributed by atoms with Crippen LogP contribution in [-0.4, -0.2) is 49.1 Å². The summed E-state index contributed by atoms with van der Waals surface area (Å²) in [6.45, 7) is 4.75. The Morgan fingerprint density at radius 2 is 1.81 bits per heavy atom. The highest BCUT2D eigenvalue weighted by molar-refractivity contribution is 5.39. The lowest BCUT2D eigenvalue weighted by Gasteiger charge is -2.20. The molecule has 0 amide bonds. The molecular formula is C13H22N2O. The average Bonchev–Trinajstić information content (AvgIpc) is 2.22. The average molecular weight is 222 g/mol. The summed E-state index contributed by atoms with van der Waals surface area (Å²) < 4.78 is 0. The Labute approximate surface area is 98.3 Å². The number of hydrogen-bond acceptors (Lipinski definition) is 3. The molecule has 0 aliphatic heterocycles. The van der Waals surface area contributed by atoms with Crippen molar-refractivity contribution in [2.75, 3.05) is 34.2 Å². The van der Waals surface area contributed by atoms with Gasteiger partial charge in [-0.1, -0.05) is 18.2 Å². The van der Waals surface area contributed by atoms with Gasteiger partial charge in [-0.05, 0) is 33.6 Å². The lowest BCUT2D eigenvalue weighted by molar-refractivity contribution is 0.273. The van der Waals surface area contributed by atoms with Gasteiger partial charge in [-0.15, -0.1) is 0 Å². The number of para-hydroxylation sites is 1. The van der Waals surface area contributed by atoms with Crippen LogP contribution in [0.15, 0.2) is 18.2 Å². The van der Waals surface area contributed by atoms with Gasteiger partial charge < -0.3 is 14.9 Å². The molecule has 0 spiro atoms. The molecule has 1 rings (SSSR count). The molecule has 0 unspecified atom stereocenters. The maximum atomic E-state index is 9.89.